The van der Waals surface area contributed by atoms with E-state index in [4.69, 9.17) is 10.8 Å². The number of primary amides is 1. The first kappa shape index (κ1) is 12.1. The van der Waals surface area contributed by atoms with Crippen LogP contribution in [-0.4, -0.2) is 22.5 Å². The van der Waals surface area contributed by atoms with Gasteiger partial charge < -0.3 is 10.8 Å². The lowest BCUT2D eigenvalue weighted by atomic mass is 9.67. The fraction of sp³-hybridized carbons (Fsp3) is 0.455. The Morgan fingerprint density at radius 2 is 2.29 bits per heavy atom. The molecule has 0 radical (unpaired) electrons. The van der Waals surface area contributed by atoms with Crippen LogP contribution < -0.4 is 11.1 Å². The molecule has 2 rings (SSSR count). The molecule has 0 bridgehead atoms. The Balaban J connectivity index is 1.96. The Morgan fingerprint density at radius 1 is 1.59 bits per heavy atom. The van der Waals surface area contributed by atoms with E-state index in [2.05, 4.69) is 5.32 Å². The Kier molecular flexibility index (Phi) is 3.17. The summed E-state index contributed by atoms with van der Waals surface area (Å²) in [7, 11) is 0. The normalized spacial score (nSPS) is 27.4. The van der Waals surface area contributed by atoms with Gasteiger partial charge in [-0.1, -0.05) is 6.07 Å². The van der Waals surface area contributed by atoms with Crippen LogP contribution in [0.3, 0.4) is 0 Å². The molecule has 1 aromatic rings. The SMILES string of the molecule is NC(=O)C1(NCc2cccs2)CC(C(=O)O)C1. The maximum Gasteiger partial charge on any atom is 0.306 e. The minimum absolute atomic E-state index is 0.281. The Morgan fingerprint density at radius 3 is 2.76 bits per heavy atom. The van der Waals surface area contributed by atoms with Crippen molar-refractivity contribution in [3.63, 3.8) is 0 Å². The molecule has 0 saturated heterocycles. The lowest BCUT2D eigenvalue weighted by Crippen LogP contribution is -2.64. The first-order chi connectivity index (χ1) is 8.03. The van der Waals surface area contributed by atoms with Gasteiger partial charge >= 0.3 is 5.97 Å². The molecule has 1 fully saturated rings. The number of carboxylic acids is 1. The van der Waals surface area contributed by atoms with E-state index in [1.807, 2.05) is 17.5 Å². The van der Waals surface area contributed by atoms with Crippen molar-refractivity contribution in [2.45, 2.75) is 24.9 Å². The van der Waals surface area contributed by atoms with Crippen LogP contribution in [0, 0.1) is 5.92 Å². The number of thiophene rings is 1. The summed E-state index contributed by atoms with van der Waals surface area (Å²) in [5.74, 6) is -1.79. The summed E-state index contributed by atoms with van der Waals surface area (Å²) in [5.41, 5.74) is 4.50. The van der Waals surface area contributed by atoms with E-state index in [0.717, 1.165) is 4.88 Å². The molecule has 1 aliphatic carbocycles. The molecule has 0 spiro atoms. The van der Waals surface area contributed by atoms with Crippen molar-refractivity contribution in [3.05, 3.63) is 22.4 Å². The Bertz CT molecular complexity index is 424. The number of hydrogen-bond acceptors (Lipinski definition) is 4. The number of nitrogens with two attached hydrogens (primary N) is 1. The van der Waals surface area contributed by atoms with Gasteiger partial charge in [-0.15, -0.1) is 11.3 Å². The van der Waals surface area contributed by atoms with Crippen molar-refractivity contribution < 1.29 is 14.7 Å². The fourth-order valence-corrected chi connectivity index (χ4v) is 2.70. The number of rotatable bonds is 5. The van der Waals surface area contributed by atoms with Crippen LogP contribution in [0.4, 0.5) is 0 Å². The van der Waals surface area contributed by atoms with Crippen molar-refractivity contribution >= 4 is 23.2 Å². The van der Waals surface area contributed by atoms with E-state index in [9.17, 15) is 9.59 Å². The topological polar surface area (TPSA) is 92.4 Å². The second kappa shape index (κ2) is 4.46. The van der Waals surface area contributed by atoms with Crippen molar-refractivity contribution in [3.8, 4) is 0 Å². The van der Waals surface area contributed by atoms with Crippen molar-refractivity contribution in [2.75, 3.05) is 0 Å². The number of hydrogen-bond donors (Lipinski definition) is 3. The molecule has 5 nitrogen and oxygen atoms in total. The molecule has 0 aromatic carbocycles. The number of amides is 1. The Labute approximate surface area is 103 Å². The summed E-state index contributed by atoms with van der Waals surface area (Å²) in [6.07, 6.45) is 0.562. The third kappa shape index (κ3) is 2.32. The lowest BCUT2D eigenvalue weighted by molar-refractivity contribution is -0.150. The molecular formula is C11H14N2O3S. The zero-order valence-electron chi connectivity index (χ0n) is 9.18. The number of carboxylic acid groups (broad SMARTS) is 1. The van der Waals surface area contributed by atoms with Crippen LogP contribution in [0.2, 0.25) is 0 Å². The predicted molar refractivity (Wildman–Crippen MR) is 63.4 cm³/mol. The van der Waals surface area contributed by atoms with Gasteiger partial charge in [-0.2, -0.15) is 0 Å². The molecule has 0 aliphatic heterocycles. The zero-order chi connectivity index (χ0) is 12.5. The van der Waals surface area contributed by atoms with Gasteiger partial charge in [0.15, 0.2) is 0 Å². The van der Waals surface area contributed by atoms with E-state index in [0.29, 0.717) is 6.54 Å². The molecule has 1 saturated carbocycles. The number of carbonyl (C=O) groups is 2. The minimum Gasteiger partial charge on any atom is -0.481 e. The highest BCUT2D eigenvalue weighted by Gasteiger charge is 2.51. The Hall–Kier alpha value is -1.40. The molecule has 6 heteroatoms. The summed E-state index contributed by atoms with van der Waals surface area (Å²) in [4.78, 5) is 23.2. The maximum atomic E-state index is 11.4. The molecule has 92 valence electrons. The van der Waals surface area contributed by atoms with Crippen molar-refractivity contribution in [2.24, 2.45) is 11.7 Å². The molecule has 1 aromatic heterocycles. The molecule has 17 heavy (non-hydrogen) atoms. The molecular weight excluding hydrogens is 240 g/mol. The van der Waals surface area contributed by atoms with Crippen LogP contribution in [0.1, 0.15) is 17.7 Å². The number of aliphatic carboxylic acids is 1. The van der Waals surface area contributed by atoms with Gasteiger partial charge in [-0.3, -0.25) is 14.9 Å². The van der Waals surface area contributed by atoms with Gasteiger partial charge in [0.2, 0.25) is 5.91 Å². The molecule has 1 amide bonds. The van der Waals surface area contributed by atoms with Crippen molar-refractivity contribution in [1.82, 2.24) is 5.32 Å². The van der Waals surface area contributed by atoms with Crippen LogP contribution in [0.25, 0.3) is 0 Å². The monoisotopic (exact) mass is 254 g/mol. The summed E-state index contributed by atoms with van der Waals surface area (Å²) >= 11 is 1.59. The molecule has 0 unspecified atom stereocenters. The molecule has 1 aliphatic rings. The largest absolute Gasteiger partial charge is 0.481 e. The quantitative estimate of drug-likeness (QED) is 0.715. The van der Waals surface area contributed by atoms with Gasteiger partial charge in [-0.25, -0.2) is 0 Å². The lowest BCUT2D eigenvalue weighted by Gasteiger charge is -2.43. The smallest absolute Gasteiger partial charge is 0.306 e. The van der Waals surface area contributed by atoms with Crippen LogP contribution >= 0.6 is 11.3 Å². The summed E-state index contributed by atoms with van der Waals surface area (Å²) in [6, 6.07) is 3.89. The molecule has 4 N–H and O–H groups in total. The fourth-order valence-electron chi connectivity index (χ4n) is 2.06. The highest BCUT2D eigenvalue weighted by atomic mass is 32.1. The van der Waals surface area contributed by atoms with Gasteiger partial charge in [-0.05, 0) is 24.3 Å². The first-order valence-electron chi connectivity index (χ1n) is 5.34. The summed E-state index contributed by atoms with van der Waals surface area (Å²) in [5, 5.41) is 13.9. The van der Waals surface area contributed by atoms with E-state index in [1.165, 1.54) is 0 Å². The van der Waals surface area contributed by atoms with Gasteiger partial charge in [0.1, 0.15) is 0 Å². The third-order valence-corrected chi connectivity index (χ3v) is 4.07. The second-order valence-electron chi connectivity index (χ2n) is 4.32. The average molecular weight is 254 g/mol. The number of carbonyl (C=O) groups excluding carboxylic acids is 1. The number of nitrogens with one attached hydrogen (secondary N) is 1. The standard InChI is InChI=1S/C11H14N2O3S/c12-10(16)11(4-7(5-11)9(14)15)13-6-8-2-1-3-17-8/h1-3,7,13H,4-6H2,(H2,12,16)(H,14,15). The predicted octanol–water partition coefficient (Wildman–Crippen LogP) is 0.556. The van der Waals surface area contributed by atoms with E-state index >= 15 is 0 Å². The van der Waals surface area contributed by atoms with Crippen LogP contribution in [0.5, 0.6) is 0 Å². The van der Waals surface area contributed by atoms with E-state index < -0.39 is 23.3 Å². The second-order valence-corrected chi connectivity index (χ2v) is 5.35. The van der Waals surface area contributed by atoms with Gasteiger partial charge in [0.25, 0.3) is 0 Å². The van der Waals surface area contributed by atoms with Crippen LogP contribution in [-0.2, 0) is 16.1 Å². The van der Waals surface area contributed by atoms with E-state index in [-0.39, 0.29) is 12.8 Å². The third-order valence-electron chi connectivity index (χ3n) is 3.19. The summed E-state index contributed by atoms with van der Waals surface area (Å²) < 4.78 is 0. The van der Waals surface area contributed by atoms with Gasteiger partial charge in [0, 0.05) is 11.4 Å². The summed E-state index contributed by atoms with van der Waals surface area (Å²) in [6.45, 7) is 0.549. The zero-order valence-corrected chi connectivity index (χ0v) is 10.00. The highest BCUT2D eigenvalue weighted by molar-refractivity contribution is 7.09. The minimum atomic E-state index is -0.861. The first-order valence-corrected chi connectivity index (χ1v) is 6.21. The molecule has 0 atom stereocenters. The van der Waals surface area contributed by atoms with Crippen LogP contribution in [0.15, 0.2) is 17.5 Å². The highest BCUT2D eigenvalue weighted by Crippen LogP contribution is 2.38. The maximum absolute atomic E-state index is 11.4. The molecule has 1 heterocycles. The average Bonchev–Trinajstić information content (AvgIpc) is 2.67. The van der Waals surface area contributed by atoms with E-state index in [1.54, 1.807) is 11.3 Å². The van der Waals surface area contributed by atoms with Gasteiger partial charge in [0.05, 0.1) is 11.5 Å². The van der Waals surface area contributed by atoms with Crippen molar-refractivity contribution in [1.29, 1.82) is 0 Å².